The first kappa shape index (κ1) is 19.9. The molecule has 140 valence electrons. The lowest BCUT2D eigenvalue weighted by atomic mass is 10.1. The maximum Gasteiger partial charge on any atom is 0.321 e. The van der Waals surface area contributed by atoms with E-state index in [4.69, 9.17) is 4.74 Å². The van der Waals surface area contributed by atoms with E-state index in [1.165, 1.54) is 13.0 Å². The Morgan fingerprint density at radius 1 is 1.19 bits per heavy atom. The summed E-state index contributed by atoms with van der Waals surface area (Å²) in [6, 6.07) is 12.7. The number of sulfonamides is 1. The van der Waals surface area contributed by atoms with Gasteiger partial charge in [-0.15, -0.1) is 0 Å². The summed E-state index contributed by atoms with van der Waals surface area (Å²) >= 11 is 0. The van der Waals surface area contributed by atoms with E-state index in [0.717, 1.165) is 9.87 Å². The largest absolute Gasteiger partial charge is 0.497 e. The molecule has 6 nitrogen and oxygen atoms in total. The molecule has 0 bridgehead atoms. The Balaban J connectivity index is 2.34. The molecule has 2 aromatic carbocycles. The Kier molecular flexibility index (Phi) is 6.39. The zero-order valence-electron chi connectivity index (χ0n) is 15.0. The van der Waals surface area contributed by atoms with E-state index in [-0.39, 0.29) is 11.4 Å². The molecule has 0 saturated heterocycles. The molecular formula is C19H23NO5S. The van der Waals surface area contributed by atoms with Crippen LogP contribution >= 0.6 is 0 Å². The second kappa shape index (κ2) is 8.33. The van der Waals surface area contributed by atoms with E-state index < -0.39 is 22.0 Å². The lowest BCUT2D eigenvalue weighted by molar-refractivity contribution is -0.140. The summed E-state index contributed by atoms with van der Waals surface area (Å²) < 4.78 is 32.4. The number of carboxylic acid groups (broad SMARTS) is 1. The van der Waals surface area contributed by atoms with E-state index in [1.807, 2.05) is 18.2 Å². The van der Waals surface area contributed by atoms with Crippen molar-refractivity contribution >= 4 is 16.0 Å². The van der Waals surface area contributed by atoms with Gasteiger partial charge in [0.2, 0.25) is 10.0 Å². The van der Waals surface area contributed by atoms with E-state index in [9.17, 15) is 18.3 Å². The van der Waals surface area contributed by atoms with Crippen molar-refractivity contribution in [3.8, 4) is 5.75 Å². The Bertz CT molecular complexity index is 879. The smallest absolute Gasteiger partial charge is 0.321 e. The zero-order valence-corrected chi connectivity index (χ0v) is 15.9. The molecule has 0 saturated carbocycles. The third-order valence-electron chi connectivity index (χ3n) is 4.22. The van der Waals surface area contributed by atoms with Crippen LogP contribution in [0.5, 0.6) is 5.75 Å². The minimum Gasteiger partial charge on any atom is -0.497 e. The fourth-order valence-electron chi connectivity index (χ4n) is 2.68. The summed E-state index contributed by atoms with van der Waals surface area (Å²) in [6.45, 7) is 3.12. The second-order valence-electron chi connectivity index (χ2n) is 6.00. The predicted octanol–water partition coefficient (Wildman–Crippen LogP) is 2.71. The highest BCUT2D eigenvalue weighted by Crippen LogP contribution is 2.23. The van der Waals surface area contributed by atoms with Gasteiger partial charge in [-0.3, -0.25) is 4.79 Å². The maximum absolute atomic E-state index is 13.1. The van der Waals surface area contributed by atoms with E-state index in [2.05, 4.69) is 0 Å². The standard InChI is InChI=1S/C19H23NO5S/c1-14-7-4-5-10-18(14)26(23,24)20(15(2)19(21)22)12-11-16-8-6-9-17(13-16)25-3/h4-10,13,15H,11-12H2,1-3H3,(H,21,22). The van der Waals surface area contributed by atoms with Crippen LogP contribution in [0.2, 0.25) is 0 Å². The van der Waals surface area contributed by atoms with Crippen molar-refractivity contribution in [2.24, 2.45) is 0 Å². The molecule has 0 aliphatic carbocycles. The molecule has 0 heterocycles. The number of hydrogen-bond acceptors (Lipinski definition) is 4. The molecule has 0 fully saturated rings. The van der Waals surface area contributed by atoms with Crippen molar-refractivity contribution < 1.29 is 23.1 Å². The van der Waals surface area contributed by atoms with Crippen LogP contribution < -0.4 is 4.74 Å². The first-order valence-electron chi connectivity index (χ1n) is 8.20. The number of rotatable bonds is 8. The van der Waals surface area contributed by atoms with Gasteiger partial charge in [-0.2, -0.15) is 4.31 Å². The number of carbonyl (C=O) groups is 1. The molecule has 1 unspecified atom stereocenters. The number of benzene rings is 2. The van der Waals surface area contributed by atoms with Crippen LogP contribution in [0.3, 0.4) is 0 Å². The summed E-state index contributed by atoms with van der Waals surface area (Å²) in [5.74, 6) is -0.519. The van der Waals surface area contributed by atoms with Gasteiger partial charge < -0.3 is 9.84 Å². The lowest BCUT2D eigenvalue weighted by Crippen LogP contribution is -2.44. The number of hydrogen-bond donors (Lipinski definition) is 1. The summed E-state index contributed by atoms with van der Waals surface area (Å²) in [6.07, 6.45) is 0.375. The van der Waals surface area contributed by atoms with E-state index >= 15 is 0 Å². The van der Waals surface area contributed by atoms with Crippen molar-refractivity contribution in [3.63, 3.8) is 0 Å². The molecule has 0 radical (unpaired) electrons. The van der Waals surface area contributed by atoms with Gasteiger partial charge in [0.05, 0.1) is 12.0 Å². The normalized spacial score (nSPS) is 12.8. The first-order chi connectivity index (χ1) is 12.3. The molecule has 7 heteroatoms. The van der Waals surface area contributed by atoms with Gasteiger partial charge in [-0.1, -0.05) is 30.3 Å². The predicted molar refractivity (Wildman–Crippen MR) is 98.9 cm³/mol. The maximum atomic E-state index is 13.1. The Labute approximate surface area is 154 Å². The zero-order chi connectivity index (χ0) is 19.3. The van der Waals surface area contributed by atoms with Gasteiger partial charge in [0, 0.05) is 6.54 Å². The van der Waals surface area contributed by atoms with Gasteiger partial charge in [0.25, 0.3) is 0 Å². The van der Waals surface area contributed by atoms with Crippen LogP contribution in [-0.2, 0) is 21.2 Å². The quantitative estimate of drug-likeness (QED) is 0.765. The van der Waals surface area contributed by atoms with Gasteiger partial charge >= 0.3 is 5.97 Å². The van der Waals surface area contributed by atoms with Gasteiger partial charge in [0.1, 0.15) is 11.8 Å². The highest BCUT2D eigenvalue weighted by molar-refractivity contribution is 7.89. The van der Waals surface area contributed by atoms with Crippen molar-refractivity contribution in [2.45, 2.75) is 31.2 Å². The molecule has 0 spiro atoms. The van der Waals surface area contributed by atoms with Gasteiger partial charge in [0.15, 0.2) is 0 Å². The van der Waals surface area contributed by atoms with Crippen LogP contribution in [0, 0.1) is 6.92 Å². The number of methoxy groups -OCH3 is 1. The summed E-state index contributed by atoms with van der Waals surface area (Å²) in [5, 5.41) is 9.39. The average molecular weight is 377 g/mol. The average Bonchev–Trinajstić information content (AvgIpc) is 2.61. The minimum atomic E-state index is -3.94. The first-order valence-corrected chi connectivity index (χ1v) is 9.64. The summed E-state index contributed by atoms with van der Waals surface area (Å²) in [5.41, 5.74) is 1.45. The molecule has 0 aliphatic heterocycles. The van der Waals surface area contributed by atoms with Crippen LogP contribution in [-0.4, -0.2) is 43.5 Å². The van der Waals surface area contributed by atoms with E-state index in [0.29, 0.717) is 17.7 Å². The Morgan fingerprint density at radius 2 is 1.88 bits per heavy atom. The molecule has 2 rings (SSSR count). The number of nitrogens with zero attached hydrogens (tertiary/aromatic N) is 1. The van der Waals surface area contributed by atoms with Crippen molar-refractivity contribution in [3.05, 3.63) is 59.7 Å². The Morgan fingerprint density at radius 3 is 2.50 bits per heavy atom. The van der Waals surface area contributed by atoms with Crippen molar-refractivity contribution in [2.75, 3.05) is 13.7 Å². The molecule has 1 N–H and O–H groups in total. The SMILES string of the molecule is COc1cccc(CCN(C(C)C(=O)O)S(=O)(=O)c2ccccc2C)c1. The number of aryl methyl sites for hydroxylation is 1. The van der Waals surface area contributed by atoms with Crippen LogP contribution in [0.25, 0.3) is 0 Å². The minimum absolute atomic E-state index is 0.0529. The molecule has 0 aromatic heterocycles. The van der Waals surface area contributed by atoms with Crippen molar-refractivity contribution in [1.82, 2.24) is 4.31 Å². The molecule has 26 heavy (non-hydrogen) atoms. The van der Waals surface area contributed by atoms with Crippen LogP contribution in [0.1, 0.15) is 18.1 Å². The third kappa shape index (κ3) is 4.42. The summed E-state index contributed by atoms with van der Waals surface area (Å²) in [7, 11) is -2.38. The molecule has 0 amide bonds. The van der Waals surface area contributed by atoms with Gasteiger partial charge in [-0.05, 0) is 49.6 Å². The van der Waals surface area contributed by atoms with Crippen LogP contribution in [0.4, 0.5) is 0 Å². The number of aliphatic carboxylic acids is 1. The molecule has 0 aliphatic rings. The second-order valence-corrected chi connectivity index (χ2v) is 7.86. The highest BCUT2D eigenvalue weighted by atomic mass is 32.2. The lowest BCUT2D eigenvalue weighted by Gasteiger charge is -2.26. The fraction of sp³-hybridized carbons (Fsp3) is 0.316. The topological polar surface area (TPSA) is 83.9 Å². The third-order valence-corrected chi connectivity index (χ3v) is 6.35. The molecule has 2 aromatic rings. The van der Waals surface area contributed by atoms with Crippen LogP contribution in [0.15, 0.2) is 53.4 Å². The number of carboxylic acids is 1. The summed E-state index contributed by atoms with van der Waals surface area (Å²) in [4.78, 5) is 11.6. The van der Waals surface area contributed by atoms with Gasteiger partial charge in [-0.25, -0.2) is 8.42 Å². The monoisotopic (exact) mass is 377 g/mol. The van der Waals surface area contributed by atoms with E-state index in [1.54, 1.807) is 38.3 Å². The highest BCUT2D eigenvalue weighted by Gasteiger charge is 2.33. The fourth-order valence-corrected chi connectivity index (χ4v) is 4.50. The molecule has 1 atom stereocenters. The Hall–Kier alpha value is -2.38. The van der Waals surface area contributed by atoms with Crippen molar-refractivity contribution in [1.29, 1.82) is 0 Å². The number of ether oxygens (including phenoxy) is 1. The molecular weight excluding hydrogens is 354 g/mol.